The van der Waals surface area contributed by atoms with Gasteiger partial charge in [0.1, 0.15) is 5.75 Å². The third-order valence-corrected chi connectivity index (χ3v) is 5.93. The van der Waals surface area contributed by atoms with E-state index >= 15 is 0 Å². The zero-order chi connectivity index (χ0) is 22.4. The molecule has 7 heteroatoms. The number of ether oxygens (including phenoxy) is 1. The van der Waals surface area contributed by atoms with Crippen molar-refractivity contribution in [2.45, 2.75) is 45.5 Å². The monoisotopic (exact) mass is 436 g/mol. The van der Waals surface area contributed by atoms with Crippen LogP contribution in [0, 0.1) is 20.8 Å². The highest BCUT2D eigenvalue weighted by molar-refractivity contribution is 7.99. The summed E-state index contributed by atoms with van der Waals surface area (Å²) in [4.78, 5) is 12.5. The van der Waals surface area contributed by atoms with Crippen molar-refractivity contribution in [2.24, 2.45) is 0 Å². The van der Waals surface area contributed by atoms with E-state index in [-0.39, 0.29) is 17.8 Å². The minimum atomic E-state index is -0.298. The number of amides is 1. The summed E-state index contributed by atoms with van der Waals surface area (Å²) < 4.78 is 7.97. The Bertz CT molecular complexity index is 1060. The number of aromatic nitrogens is 3. The Hall–Kier alpha value is -3.06. The first-order valence-corrected chi connectivity index (χ1v) is 11.1. The summed E-state index contributed by atoms with van der Waals surface area (Å²) in [5.41, 5.74) is 4.22. The Morgan fingerprint density at radius 3 is 2.65 bits per heavy atom. The van der Waals surface area contributed by atoms with Gasteiger partial charge in [-0.15, -0.1) is 16.8 Å². The summed E-state index contributed by atoms with van der Waals surface area (Å²) in [6.07, 6.45) is 1.49. The number of benzene rings is 2. The Morgan fingerprint density at radius 2 is 1.94 bits per heavy atom. The van der Waals surface area contributed by atoms with Crippen molar-refractivity contribution in [1.29, 1.82) is 0 Å². The molecule has 0 saturated heterocycles. The molecule has 0 fully saturated rings. The molecular formula is C24H28N4O2S. The van der Waals surface area contributed by atoms with Crippen molar-refractivity contribution >= 4 is 23.4 Å². The average Bonchev–Trinajstić information content (AvgIpc) is 3.14. The van der Waals surface area contributed by atoms with Gasteiger partial charge in [0.25, 0.3) is 0 Å². The maximum atomic E-state index is 12.5. The Labute approximate surface area is 187 Å². The zero-order valence-electron chi connectivity index (χ0n) is 18.4. The fraction of sp³-hybridized carbons (Fsp3) is 0.292. The van der Waals surface area contributed by atoms with Gasteiger partial charge in [0.2, 0.25) is 5.91 Å². The van der Waals surface area contributed by atoms with Gasteiger partial charge in [0, 0.05) is 12.2 Å². The minimum absolute atomic E-state index is 0.0858. The lowest BCUT2D eigenvalue weighted by Crippen LogP contribution is -2.16. The molecule has 3 aromatic rings. The number of rotatable bonds is 9. The topological polar surface area (TPSA) is 69.0 Å². The Balaban J connectivity index is 1.68. The van der Waals surface area contributed by atoms with Crippen LogP contribution in [0.25, 0.3) is 0 Å². The number of nitrogens with one attached hydrogen (secondary N) is 1. The molecule has 1 amide bonds. The summed E-state index contributed by atoms with van der Waals surface area (Å²) in [5.74, 6) is 1.61. The molecule has 6 nitrogen and oxygen atoms in total. The van der Waals surface area contributed by atoms with Crippen molar-refractivity contribution in [2.75, 3.05) is 11.1 Å². The summed E-state index contributed by atoms with van der Waals surface area (Å²) in [5, 5.41) is 12.2. The first-order valence-electron chi connectivity index (χ1n) is 10.1. The number of aryl methyl sites for hydroxylation is 2. The number of carbonyl (C=O) groups is 1. The van der Waals surface area contributed by atoms with Crippen molar-refractivity contribution in [3.63, 3.8) is 0 Å². The average molecular weight is 437 g/mol. The van der Waals surface area contributed by atoms with E-state index in [1.165, 1.54) is 17.3 Å². The number of thioether (sulfide) groups is 1. The van der Waals surface area contributed by atoms with E-state index in [2.05, 4.69) is 22.1 Å². The summed E-state index contributed by atoms with van der Waals surface area (Å²) in [6.45, 7) is 12.4. The van der Waals surface area contributed by atoms with E-state index in [1.807, 2.05) is 74.7 Å². The third-order valence-electron chi connectivity index (χ3n) is 4.97. The van der Waals surface area contributed by atoms with E-state index in [4.69, 9.17) is 4.74 Å². The molecule has 0 saturated carbocycles. The van der Waals surface area contributed by atoms with Gasteiger partial charge in [-0.1, -0.05) is 47.7 Å². The molecule has 2 aromatic carbocycles. The van der Waals surface area contributed by atoms with Crippen LogP contribution >= 0.6 is 11.8 Å². The van der Waals surface area contributed by atoms with Crippen molar-refractivity contribution in [1.82, 2.24) is 14.8 Å². The zero-order valence-corrected chi connectivity index (χ0v) is 19.2. The predicted molar refractivity (Wildman–Crippen MR) is 126 cm³/mol. The fourth-order valence-corrected chi connectivity index (χ4v) is 3.84. The second kappa shape index (κ2) is 10.3. The smallest absolute Gasteiger partial charge is 0.234 e. The number of nitrogens with zero attached hydrogens (tertiary/aromatic N) is 3. The van der Waals surface area contributed by atoms with E-state index in [0.29, 0.717) is 17.5 Å². The highest BCUT2D eigenvalue weighted by Crippen LogP contribution is 2.25. The van der Waals surface area contributed by atoms with E-state index in [0.717, 1.165) is 22.6 Å². The van der Waals surface area contributed by atoms with Crippen LogP contribution in [-0.2, 0) is 11.3 Å². The molecule has 0 bridgehead atoms. The van der Waals surface area contributed by atoms with Gasteiger partial charge in [-0.25, -0.2) is 0 Å². The lowest BCUT2D eigenvalue weighted by molar-refractivity contribution is -0.113. The molecule has 162 valence electrons. The third kappa shape index (κ3) is 5.76. The molecule has 1 heterocycles. The van der Waals surface area contributed by atoms with Crippen LogP contribution in [0.15, 0.2) is 60.3 Å². The predicted octanol–water partition coefficient (Wildman–Crippen LogP) is 5.26. The molecule has 31 heavy (non-hydrogen) atoms. The molecule has 0 aliphatic rings. The molecular weight excluding hydrogens is 408 g/mol. The largest absolute Gasteiger partial charge is 0.483 e. The quantitative estimate of drug-likeness (QED) is 0.366. The maximum absolute atomic E-state index is 12.5. The SMILES string of the molecule is C=CCn1c(SCC(=O)Nc2cccc(C)c2C)nnc1C(C)Oc1ccc(C)cc1. The van der Waals surface area contributed by atoms with Crippen LogP contribution in [0.2, 0.25) is 0 Å². The van der Waals surface area contributed by atoms with E-state index in [9.17, 15) is 4.79 Å². The molecule has 3 rings (SSSR count). The first kappa shape index (κ1) is 22.6. The standard InChI is InChI=1S/C24H28N4O2S/c1-6-14-28-23(19(5)30-20-12-10-16(2)11-13-20)26-27-24(28)31-15-22(29)25-21-9-7-8-17(3)18(21)4/h6-13,19H,1,14-15H2,2-5H3,(H,25,29). The molecule has 0 spiro atoms. The van der Waals surface area contributed by atoms with Gasteiger partial charge in [-0.05, 0) is 57.0 Å². The van der Waals surface area contributed by atoms with Crippen LogP contribution in [-0.4, -0.2) is 26.4 Å². The van der Waals surface area contributed by atoms with Gasteiger partial charge in [0.05, 0.1) is 5.75 Å². The highest BCUT2D eigenvalue weighted by Gasteiger charge is 2.20. The second-order valence-corrected chi connectivity index (χ2v) is 8.34. The van der Waals surface area contributed by atoms with Crippen LogP contribution in [0.3, 0.4) is 0 Å². The Morgan fingerprint density at radius 1 is 1.19 bits per heavy atom. The van der Waals surface area contributed by atoms with Crippen molar-refractivity contribution < 1.29 is 9.53 Å². The van der Waals surface area contributed by atoms with Crippen LogP contribution in [0.1, 0.15) is 35.5 Å². The molecule has 1 atom stereocenters. The summed E-state index contributed by atoms with van der Waals surface area (Å²) in [6, 6.07) is 13.8. The summed E-state index contributed by atoms with van der Waals surface area (Å²) in [7, 11) is 0. The lowest BCUT2D eigenvalue weighted by Gasteiger charge is -2.16. The minimum Gasteiger partial charge on any atom is -0.483 e. The molecule has 1 N–H and O–H groups in total. The van der Waals surface area contributed by atoms with Crippen LogP contribution < -0.4 is 10.1 Å². The molecule has 0 aliphatic carbocycles. The summed E-state index contributed by atoms with van der Waals surface area (Å²) >= 11 is 1.34. The van der Waals surface area contributed by atoms with Gasteiger partial charge in [-0.3, -0.25) is 9.36 Å². The molecule has 0 aliphatic heterocycles. The second-order valence-electron chi connectivity index (χ2n) is 7.40. The molecule has 0 radical (unpaired) electrons. The maximum Gasteiger partial charge on any atom is 0.234 e. The van der Waals surface area contributed by atoms with Crippen molar-refractivity contribution in [3.05, 3.63) is 77.6 Å². The first-order chi connectivity index (χ1) is 14.9. The van der Waals surface area contributed by atoms with E-state index in [1.54, 1.807) is 6.08 Å². The molecule has 1 aromatic heterocycles. The number of anilines is 1. The van der Waals surface area contributed by atoms with Crippen LogP contribution in [0.4, 0.5) is 5.69 Å². The normalized spacial score (nSPS) is 11.7. The Kier molecular flexibility index (Phi) is 7.52. The fourth-order valence-electron chi connectivity index (χ4n) is 3.08. The number of carbonyl (C=O) groups excluding carboxylic acids is 1. The van der Waals surface area contributed by atoms with Crippen LogP contribution in [0.5, 0.6) is 5.75 Å². The van der Waals surface area contributed by atoms with Crippen molar-refractivity contribution in [3.8, 4) is 5.75 Å². The molecule has 1 unspecified atom stereocenters. The number of allylic oxidation sites excluding steroid dienone is 1. The van der Waals surface area contributed by atoms with Gasteiger partial charge >= 0.3 is 0 Å². The van der Waals surface area contributed by atoms with Gasteiger partial charge in [0.15, 0.2) is 17.1 Å². The number of hydrogen-bond donors (Lipinski definition) is 1. The lowest BCUT2D eigenvalue weighted by atomic mass is 10.1. The highest BCUT2D eigenvalue weighted by atomic mass is 32.2. The van der Waals surface area contributed by atoms with E-state index < -0.39 is 0 Å². The van der Waals surface area contributed by atoms with Gasteiger partial charge < -0.3 is 10.1 Å². The number of hydrogen-bond acceptors (Lipinski definition) is 5. The van der Waals surface area contributed by atoms with Gasteiger partial charge in [-0.2, -0.15) is 0 Å².